The fraction of sp³-hybridized carbons (Fsp3) is 0.652. The fourth-order valence-electron chi connectivity index (χ4n) is 3.92. The first kappa shape index (κ1) is 25.3. The molecule has 1 aliphatic rings. The average molecular weight is 452 g/mol. The minimum absolute atomic E-state index is 0.0462. The Kier molecular flexibility index (Phi) is 8.27. The van der Waals surface area contributed by atoms with Gasteiger partial charge in [-0.15, -0.1) is 0 Å². The van der Waals surface area contributed by atoms with Gasteiger partial charge in [0.1, 0.15) is 0 Å². The minimum Gasteiger partial charge on any atom is -0.350 e. The molecule has 0 unspecified atom stereocenters. The lowest BCUT2D eigenvalue weighted by atomic mass is 9.85. The summed E-state index contributed by atoms with van der Waals surface area (Å²) in [6.45, 7) is 12.9. The second-order valence-corrected chi connectivity index (χ2v) is 11.5. The zero-order valence-electron chi connectivity index (χ0n) is 19.8. The van der Waals surface area contributed by atoms with Crippen molar-refractivity contribution in [3.8, 4) is 0 Å². The molecule has 0 bridgehead atoms. The number of benzene rings is 1. The van der Waals surface area contributed by atoms with Gasteiger partial charge in [-0.3, -0.25) is 9.59 Å². The summed E-state index contributed by atoms with van der Waals surface area (Å²) in [5.41, 5.74) is 3.97. The van der Waals surface area contributed by atoms with Crippen LogP contribution in [0.5, 0.6) is 0 Å². The maximum atomic E-state index is 12.9. The summed E-state index contributed by atoms with van der Waals surface area (Å²) in [6.07, 6.45) is 2.58. The number of hydrogen-bond acceptors (Lipinski definition) is 4. The number of rotatable bonds is 7. The molecule has 2 rings (SSSR count). The third-order valence-electron chi connectivity index (χ3n) is 6.06. The number of carbonyl (C=O) groups is 2. The second kappa shape index (κ2) is 10.1. The molecule has 1 aliphatic carbocycles. The Morgan fingerprint density at radius 2 is 1.55 bits per heavy atom. The molecule has 3 N–H and O–H groups in total. The molecule has 0 saturated heterocycles. The van der Waals surface area contributed by atoms with Gasteiger partial charge in [0, 0.05) is 29.3 Å². The molecule has 0 aliphatic heterocycles. The van der Waals surface area contributed by atoms with Crippen LogP contribution in [0.3, 0.4) is 0 Å². The molecule has 0 atom stereocenters. The number of amides is 2. The van der Waals surface area contributed by atoms with E-state index in [-0.39, 0.29) is 29.8 Å². The average Bonchev–Trinajstić information content (AvgIpc) is 2.67. The van der Waals surface area contributed by atoms with Crippen molar-refractivity contribution in [3.63, 3.8) is 0 Å². The van der Waals surface area contributed by atoms with Crippen molar-refractivity contribution in [2.75, 3.05) is 5.32 Å². The van der Waals surface area contributed by atoms with Crippen molar-refractivity contribution in [1.29, 1.82) is 0 Å². The van der Waals surface area contributed by atoms with Gasteiger partial charge in [0.15, 0.2) is 0 Å². The molecule has 8 heteroatoms. The predicted octanol–water partition coefficient (Wildman–Crippen LogP) is 3.58. The van der Waals surface area contributed by atoms with Crippen LogP contribution in [0.25, 0.3) is 0 Å². The van der Waals surface area contributed by atoms with Gasteiger partial charge in [-0.1, -0.05) is 0 Å². The minimum atomic E-state index is -3.30. The van der Waals surface area contributed by atoms with Gasteiger partial charge in [0.05, 0.1) is 5.25 Å². The maximum absolute atomic E-state index is 12.9. The van der Waals surface area contributed by atoms with E-state index in [1.165, 1.54) is 0 Å². The Hall–Kier alpha value is -1.93. The summed E-state index contributed by atoms with van der Waals surface area (Å²) in [7, 11) is -3.30. The quantitative estimate of drug-likeness (QED) is 0.589. The van der Waals surface area contributed by atoms with Crippen LogP contribution < -0.4 is 15.4 Å². The molecule has 31 heavy (non-hydrogen) atoms. The molecule has 2 amide bonds. The summed E-state index contributed by atoms with van der Waals surface area (Å²) in [6, 6.07) is 1.76. The van der Waals surface area contributed by atoms with E-state index >= 15 is 0 Å². The molecule has 0 spiro atoms. The smallest absolute Gasteiger partial charge is 0.251 e. The molecular weight excluding hydrogens is 414 g/mol. The summed E-state index contributed by atoms with van der Waals surface area (Å²) in [5, 5.41) is 5.52. The zero-order valence-corrected chi connectivity index (χ0v) is 20.6. The Bertz CT molecular complexity index is 931. The lowest BCUT2D eigenvalue weighted by Gasteiger charge is -2.29. The highest BCUT2D eigenvalue weighted by molar-refractivity contribution is 7.90. The summed E-state index contributed by atoms with van der Waals surface area (Å²) >= 11 is 0. The number of carbonyl (C=O) groups excluding carboxylic acids is 2. The molecule has 0 aromatic heterocycles. The maximum Gasteiger partial charge on any atom is 0.251 e. The second-order valence-electron chi connectivity index (χ2n) is 9.24. The van der Waals surface area contributed by atoms with Crippen LogP contribution in [0.4, 0.5) is 5.69 Å². The van der Waals surface area contributed by atoms with Crippen LogP contribution in [0.2, 0.25) is 0 Å². The van der Waals surface area contributed by atoms with Crippen molar-refractivity contribution in [3.05, 3.63) is 28.3 Å². The normalized spacial score (nSPS) is 19.5. The Balaban J connectivity index is 2.06. The molecule has 1 saturated carbocycles. The highest BCUT2D eigenvalue weighted by Gasteiger charge is 2.30. The SMILES string of the molecule is Cc1cc(C(=O)NC(C)C)c(C)c(C)c1NC(=O)[C@H]1CC[C@H](NS(=O)(=O)C(C)C)CC1. The zero-order chi connectivity index (χ0) is 23.5. The largest absolute Gasteiger partial charge is 0.350 e. The Labute approximate surface area is 186 Å². The van der Waals surface area contributed by atoms with Gasteiger partial charge >= 0.3 is 0 Å². The fourth-order valence-corrected chi connectivity index (χ4v) is 4.89. The molecule has 7 nitrogen and oxygen atoms in total. The monoisotopic (exact) mass is 451 g/mol. The van der Waals surface area contributed by atoms with E-state index in [2.05, 4.69) is 15.4 Å². The molecular formula is C23H37N3O4S. The summed E-state index contributed by atoms with van der Waals surface area (Å²) in [5.74, 6) is -0.309. The van der Waals surface area contributed by atoms with E-state index in [4.69, 9.17) is 0 Å². The van der Waals surface area contributed by atoms with Crippen molar-refractivity contribution in [2.24, 2.45) is 5.92 Å². The lowest BCUT2D eigenvalue weighted by Crippen LogP contribution is -2.42. The van der Waals surface area contributed by atoms with Crippen LogP contribution in [-0.2, 0) is 14.8 Å². The van der Waals surface area contributed by atoms with Gasteiger partial charge < -0.3 is 10.6 Å². The summed E-state index contributed by atoms with van der Waals surface area (Å²) < 4.78 is 26.9. The standard InChI is InChI=1S/C23H37N3O4S/c1-13(2)24-23(28)20-12-15(5)21(17(7)16(20)6)25-22(27)18-8-10-19(11-9-18)26-31(29,30)14(3)4/h12-14,18-19,26H,8-11H2,1-7H3,(H,24,28)(H,25,27)/t18-,19-. The van der Waals surface area contributed by atoms with Crippen LogP contribution in [-0.4, -0.2) is 37.6 Å². The summed E-state index contributed by atoms with van der Waals surface area (Å²) in [4.78, 5) is 25.4. The van der Waals surface area contributed by atoms with Crippen LogP contribution in [0.15, 0.2) is 6.07 Å². The van der Waals surface area contributed by atoms with Gasteiger partial charge in [-0.25, -0.2) is 13.1 Å². The first-order valence-corrected chi connectivity index (χ1v) is 12.6. The molecule has 1 aromatic rings. The van der Waals surface area contributed by atoms with Gasteiger partial charge in [0.25, 0.3) is 5.91 Å². The van der Waals surface area contributed by atoms with Crippen LogP contribution in [0, 0.1) is 26.7 Å². The van der Waals surface area contributed by atoms with Crippen molar-refractivity contribution >= 4 is 27.5 Å². The first-order chi connectivity index (χ1) is 14.3. The lowest BCUT2D eigenvalue weighted by molar-refractivity contribution is -0.120. The van der Waals surface area contributed by atoms with E-state index in [1.54, 1.807) is 13.8 Å². The van der Waals surface area contributed by atoms with Crippen molar-refractivity contribution in [1.82, 2.24) is 10.0 Å². The topological polar surface area (TPSA) is 104 Å². The number of anilines is 1. The first-order valence-electron chi connectivity index (χ1n) is 11.1. The predicted molar refractivity (Wildman–Crippen MR) is 125 cm³/mol. The molecule has 174 valence electrons. The number of nitrogens with one attached hydrogen (secondary N) is 3. The van der Waals surface area contributed by atoms with E-state index < -0.39 is 15.3 Å². The number of aryl methyl sites for hydroxylation is 1. The van der Waals surface area contributed by atoms with E-state index in [0.717, 1.165) is 22.4 Å². The number of sulfonamides is 1. The Morgan fingerprint density at radius 3 is 2.06 bits per heavy atom. The van der Waals surface area contributed by atoms with Gasteiger partial charge in [0.2, 0.25) is 15.9 Å². The number of hydrogen-bond donors (Lipinski definition) is 3. The Morgan fingerprint density at radius 1 is 0.968 bits per heavy atom. The van der Waals surface area contributed by atoms with E-state index in [1.807, 2.05) is 40.7 Å². The molecule has 0 radical (unpaired) electrons. The molecule has 1 aromatic carbocycles. The van der Waals surface area contributed by atoms with Crippen LogP contribution >= 0.6 is 0 Å². The molecule has 0 heterocycles. The highest BCUT2D eigenvalue weighted by Crippen LogP contribution is 2.30. The van der Waals surface area contributed by atoms with Crippen LogP contribution in [0.1, 0.15) is 80.4 Å². The highest BCUT2D eigenvalue weighted by atomic mass is 32.2. The molecule has 1 fully saturated rings. The van der Waals surface area contributed by atoms with Crippen molar-refractivity contribution in [2.45, 2.75) is 91.5 Å². The van der Waals surface area contributed by atoms with Crippen molar-refractivity contribution < 1.29 is 18.0 Å². The third-order valence-corrected chi connectivity index (χ3v) is 7.96. The third kappa shape index (κ3) is 6.29. The van der Waals surface area contributed by atoms with Gasteiger partial charge in [-0.05, 0) is 96.9 Å². The van der Waals surface area contributed by atoms with Gasteiger partial charge in [-0.2, -0.15) is 0 Å². The van der Waals surface area contributed by atoms with E-state index in [0.29, 0.717) is 31.2 Å². The van der Waals surface area contributed by atoms with E-state index in [9.17, 15) is 18.0 Å².